The Morgan fingerprint density at radius 2 is 1.77 bits per heavy atom. The van der Waals surface area contributed by atoms with Crippen molar-refractivity contribution in [2.75, 3.05) is 5.32 Å². The average molecular weight is 442 g/mol. The van der Waals surface area contributed by atoms with Gasteiger partial charge < -0.3 is 20.5 Å². The van der Waals surface area contributed by atoms with Crippen molar-refractivity contribution in [1.29, 1.82) is 0 Å². The highest BCUT2D eigenvalue weighted by Gasteiger charge is 2.23. The number of ether oxygens (including phenoxy) is 2. The van der Waals surface area contributed by atoms with E-state index in [0.29, 0.717) is 0 Å². The summed E-state index contributed by atoms with van der Waals surface area (Å²) in [6, 6.07) is 13.7. The number of anilines is 1. The first-order chi connectivity index (χ1) is 14.8. The van der Waals surface area contributed by atoms with E-state index in [1.807, 2.05) is 0 Å². The Morgan fingerprint density at radius 3 is 2.48 bits per heavy atom. The molecule has 2 aromatic carbocycles. The molecule has 31 heavy (non-hydrogen) atoms. The molecule has 0 saturated heterocycles. The van der Waals surface area contributed by atoms with Crippen LogP contribution in [0.2, 0.25) is 0 Å². The lowest BCUT2D eigenvalue weighted by Gasteiger charge is -2.15. The maximum Gasteiger partial charge on any atom is 0.342 e. The number of hydrogen-bond acceptors (Lipinski definition) is 6. The number of carbonyl (C=O) groups excluding carboxylic acids is 3. The van der Waals surface area contributed by atoms with Gasteiger partial charge in [0.05, 0.1) is 5.56 Å². The molecule has 0 aliphatic rings. The van der Waals surface area contributed by atoms with E-state index in [-0.39, 0.29) is 34.3 Å². The maximum absolute atomic E-state index is 13.0. The fourth-order valence-corrected chi connectivity index (χ4v) is 3.39. The summed E-state index contributed by atoms with van der Waals surface area (Å²) in [5.74, 6) is -2.13. The minimum absolute atomic E-state index is 0.120. The third-order valence-electron chi connectivity index (χ3n) is 4.24. The van der Waals surface area contributed by atoms with Gasteiger partial charge >= 0.3 is 5.97 Å². The summed E-state index contributed by atoms with van der Waals surface area (Å²) in [7, 11) is 0. The smallest absolute Gasteiger partial charge is 0.342 e. The molecular weight excluding hydrogens is 423 g/mol. The van der Waals surface area contributed by atoms with Crippen LogP contribution in [0.1, 0.15) is 33.2 Å². The van der Waals surface area contributed by atoms with E-state index in [0.717, 1.165) is 16.9 Å². The van der Waals surface area contributed by atoms with E-state index < -0.39 is 23.9 Å². The van der Waals surface area contributed by atoms with E-state index in [9.17, 15) is 18.8 Å². The molecule has 9 heteroatoms. The zero-order chi connectivity index (χ0) is 22.4. The van der Waals surface area contributed by atoms with Gasteiger partial charge in [0, 0.05) is 0 Å². The molecule has 0 aliphatic carbocycles. The van der Waals surface area contributed by atoms with Crippen molar-refractivity contribution in [2.24, 2.45) is 5.73 Å². The lowest BCUT2D eigenvalue weighted by molar-refractivity contribution is -0.123. The van der Waals surface area contributed by atoms with Gasteiger partial charge in [0.15, 0.2) is 6.10 Å². The largest absolute Gasteiger partial charge is 0.488 e. The standard InChI is InChI=1S/C22H19FN2O5S/c1-13(20(27)25-21-17(19(24)26)10-11-31-21)30-22(28)16-4-2-3-5-18(16)29-12-14-6-8-15(23)9-7-14/h2-11,13H,12H2,1H3,(H2,24,26)(H,25,27)/t13-/m0/s1. The summed E-state index contributed by atoms with van der Waals surface area (Å²) < 4.78 is 24.0. The molecule has 0 bridgehead atoms. The lowest BCUT2D eigenvalue weighted by Crippen LogP contribution is -2.30. The van der Waals surface area contributed by atoms with Gasteiger partial charge in [-0.2, -0.15) is 0 Å². The van der Waals surface area contributed by atoms with Crippen molar-refractivity contribution in [3.63, 3.8) is 0 Å². The molecule has 0 radical (unpaired) electrons. The van der Waals surface area contributed by atoms with E-state index in [2.05, 4.69) is 5.32 Å². The predicted octanol–water partition coefficient (Wildman–Crippen LogP) is 3.75. The number of esters is 1. The molecule has 3 aromatic rings. The second-order valence-corrected chi connectivity index (χ2v) is 7.39. The van der Waals surface area contributed by atoms with Crippen LogP contribution < -0.4 is 15.8 Å². The van der Waals surface area contributed by atoms with Crippen molar-refractivity contribution >= 4 is 34.1 Å². The summed E-state index contributed by atoms with van der Waals surface area (Å²) in [4.78, 5) is 36.4. The summed E-state index contributed by atoms with van der Waals surface area (Å²) >= 11 is 1.13. The number of nitrogens with two attached hydrogens (primary N) is 1. The highest BCUT2D eigenvalue weighted by atomic mass is 32.1. The van der Waals surface area contributed by atoms with Crippen molar-refractivity contribution < 1.29 is 28.2 Å². The minimum Gasteiger partial charge on any atom is -0.488 e. The molecule has 0 saturated carbocycles. The molecule has 160 valence electrons. The zero-order valence-electron chi connectivity index (χ0n) is 16.5. The number of halogens is 1. The van der Waals surface area contributed by atoms with Crippen molar-refractivity contribution in [1.82, 2.24) is 0 Å². The van der Waals surface area contributed by atoms with Crippen LogP contribution in [-0.2, 0) is 16.1 Å². The quantitative estimate of drug-likeness (QED) is 0.517. The first kappa shape index (κ1) is 22.0. The first-order valence-electron chi connectivity index (χ1n) is 9.20. The molecule has 1 atom stereocenters. The molecule has 0 fully saturated rings. The van der Waals surface area contributed by atoms with Gasteiger partial charge in [0.25, 0.3) is 11.8 Å². The van der Waals surface area contributed by atoms with E-state index in [4.69, 9.17) is 15.2 Å². The number of amides is 2. The summed E-state index contributed by atoms with van der Waals surface area (Å²) in [6.45, 7) is 1.53. The number of thiophene rings is 1. The lowest BCUT2D eigenvalue weighted by atomic mass is 10.2. The van der Waals surface area contributed by atoms with Crippen molar-refractivity contribution in [3.05, 3.63) is 82.5 Å². The zero-order valence-corrected chi connectivity index (χ0v) is 17.3. The maximum atomic E-state index is 13.0. The van der Waals surface area contributed by atoms with Crippen LogP contribution in [0.25, 0.3) is 0 Å². The topological polar surface area (TPSA) is 108 Å². The molecular formula is C22H19FN2O5S. The van der Waals surface area contributed by atoms with Crippen LogP contribution in [0, 0.1) is 5.82 Å². The predicted molar refractivity (Wildman–Crippen MR) is 114 cm³/mol. The third kappa shape index (κ3) is 5.67. The van der Waals surface area contributed by atoms with E-state index in [1.54, 1.807) is 35.7 Å². The molecule has 0 unspecified atom stereocenters. The third-order valence-corrected chi connectivity index (χ3v) is 5.06. The van der Waals surface area contributed by atoms with E-state index in [1.165, 1.54) is 31.2 Å². The number of rotatable bonds is 8. The first-order valence-corrected chi connectivity index (χ1v) is 10.1. The Bertz CT molecular complexity index is 1100. The minimum atomic E-state index is -1.14. The second-order valence-electron chi connectivity index (χ2n) is 6.48. The Morgan fingerprint density at radius 1 is 1.06 bits per heavy atom. The highest BCUT2D eigenvalue weighted by Crippen LogP contribution is 2.24. The van der Waals surface area contributed by atoms with Crippen LogP contribution in [0.3, 0.4) is 0 Å². The normalized spacial score (nSPS) is 11.4. The van der Waals surface area contributed by atoms with Gasteiger partial charge in [0.1, 0.15) is 28.7 Å². The molecule has 0 spiro atoms. The van der Waals surface area contributed by atoms with Gasteiger partial charge in [0.2, 0.25) is 0 Å². The monoisotopic (exact) mass is 442 g/mol. The molecule has 3 N–H and O–H groups in total. The Hall–Kier alpha value is -3.72. The Balaban J connectivity index is 1.64. The molecule has 3 rings (SSSR count). The van der Waals surface area contributed by atoms with Gasteiger partial charge in [-0.25, -0.2) is 9.18 Å². The molecule has 1 heterocycles. The average Bonchev–Trinajstić information content (AvgIpc) is 3.22. The van der Waals surface area contributed by atoms with Gasteiger partial charge in [-0.05, 0) is 48.2 Å². The molecule has 1 aromatic heterocycles. The van der Waals surface area contributed by atoms with Gasteiger partial charge in [-0.1, -0.05) is 24.3 Å². The molecule has 2 amide bonds. The molecule has 7 nitrogen and oxygen atoms in total. The summed E-state index contributed by atoms with van der Waals surface area (Å²) in [6.07, 6.45) is -1.14. The number of para-hydroxylation sites is 1. The SMILES string of the molecule is C[C@H](OC(=O)c1ccccc1OCc1ccc(F)cc1)C(=O)Nc1sccc1C(N)=O. The number of carbonyl (C=O) groups is 3. The molecule has 0 aliphatic heterocycles. The van der Waals surface area contributed by atoms with Crippen LogP contribution >= 0.6 is 11.3 Å². The van der Waals surface area contributed by atoms with Crippen LogP contribution in [0.4, 0.5) is 9.39 Å². The fourth-order valence-electron chi connectivity index (χ4n) is 2.59. The Kier molecular flexibility index (Phi) is 6.99. The number of nitrogens with one attached hydrogen (secondary N) is 1. The highest BCUT2D eigenvalue weighted by molar-refractivity contribution is 7.14. The summed E-state index contributed by atoms with van der Waals surface area (Å²) in [5.41, 5.74) is 6.30. The summed E-state index contributed by atoms with van der Waals surface area (Å²) in [5, 5.41) is 4.43. The fraction of sp³-hybridized carbons (Fsp3) is 0.136. The van der Waals surface area contributed by atoms with E-state index >= 15 is 0 Å². The van der Waals surface area contributed by atoms with Crippen LogP contribution in [-0.4, -0.2) is 23.9 Å². The number of benzene rings is 2. The van der Waals surface area contributed by atoms with Crippen LogP contribution in [0.5, 0.6) is 5.75 Å². The van der Waals surface area contributed by atoms with Crippen LogP contribution in [0.15, 0.2) is 60.0 Å². The number of primary amides is 1. The number of hydrogen-bond donors (Lipinski definition) is 2. The van der Waals surface area contributed by atoms with Crippen molar-refractivity contribution in [2.45, 2.75) is 19.6 Å². The van der Waals surface area contributed by atoms with Gasteiger partial charge in [-0.15, -0.1) is 11.3 Å². The Labute approximate surface area is 181 Å². The van der Waals surface area contributed by atoms with Crippen molar-refractivity contribution in [3.8, 4) is 5.75 Å². The van der Waals surface area contributed by atoms with Gasteiger partial charge in [-0.3, -0.25) is 9.59 Å². The second kappa shape index (κ2) is 9.86.